The number of ether oxygens (including phenoxy) is 2. The highest BCUT2D eigenvalue weighted by atomic mass is 16.5. The van der Waals surface area contributed by atoms with Gasteiger partial charge in [0.15, 0.2) is 0 Å². The van der Waals surface area contributed by atoms with Gasteiger partial charge in [0.1, 0.15) is 5.54 Å². The highest BCUT2D eigenvalue weighted by molar-refractivity contribution is 5.82. The van der Waals surface area contributed by atoms with Crippen LogP contribution in [0.25, 0.3) is 0 Å². The Balaban J connectivity index is 2.08. The molecular formula is C14H26N2O3. The van der Waals surface area contributed by atoms with Crippen molar-refractivity contribution in [2.75, 3.05) is 46.5 Å². The molecule has 1 saturated carbocycles. The van der Waals surface area contributed by atoms with Crippen molar-refractivity contribution in [1.29, 1.82) is 0 Å². The Morgan fingerprint density at radius 1 is 1.42 bits per heavy atom. The second kappa shape index (κ2) is 6.68. The number of esters is 1. The van der Waals surface area contributed by atoms with E-state index < -0.39 is 5.54 Å². The summed E-state index contributed by atoms with van der Waals surface area (Å²) in [4.78, 5) is 14.7. The molecule has 2 fully saturated rings. The van der Waals surface area contributed by atoms with Crippen molar-refractivity contribution in [3.05, 3.63) is 0 Å². The molecule has 2 rings (SSSR count). The Hall–Kier alpha value is -0.650. The van der Waals surface area contributed by atoms with Crippen molar-refractivity contribution < 1.29 is 14.3 Å². The van der Waals surface area contributed by atoms with E-state index in [2.05, 4.69) is 17.1 Å². The number of carbonyl (C=O) groups is 1. The van der Waals surface area contributed by atoms with Crippen molar-refractivity contribution in [1.82, 2.24) is 10.2 Å². The van der Waals surface area contributed by atoms with Gasteiger partial charge >= 0.3 is 5.97 Å². The molecule has 5 heteroatoms. The molecule has 2 aliphatic rings. The van der Waals surface area contributed by atoms with Gasteiger partial charge in [-0.05, 0) is 31.7 Å². The van der Waals surface area contributed by atoms with Crippen LogP contribution < -0.4 is 5.32 Å². The Kier molecular flexibility index (Phi) is 5.19. The van der Waals surface area contributed by atoms with Gasteiger partial charge in [-0.1, -0.05) is 6.92 Å². The molecule has 0 spiro atoms. The Morgan fingerprint density at radius 2 is 2.11 bits per heavy atom. The topological polar surface area (TPSA) is 50.8 Å². The van der Waals surface area contributed by atoms with Crippen molar-refractivity contribution >= 4 is 5.97 Å². The van der Waals surface area contributed by atoms with Gasteiger partial charge in [0.2, 0.25) is 0 Å². The third-order valence-electron chi connectivity index (χ3n) is 4.09. The van der Waals surface area contributed by atoms with Crippen LogP contribution >= 0.6 is 0 Å². The summed E-state index contributed by atoms with van der Waals surface area (Å²) in [6.07, 6.45) is 3.26. The van der Waals surface area contributed by atoms with Crippen LogP contribution in [0.15, 0.2) is 0 Å². The minimum absolute atomic E-state index is 0.102. The maximum absolute atomic E-state index is 12.4. The molecule has 1 unspecified atom stereocenters. The maximum Gasteiger partial charge on any atom is 0.327 e. The summed E-state index contributed by atoms with van der Waals surface area (Å²) in [5.41, 5.74) is -0.512. The molecule has 19 heavy (non-hydrogen) atoms. The van der Waals surface area contributed by atoms with E-state index in [0.29, 0.717) is 5.92 Å². The van der Waals surface area contributed by atoms with Gasteiger partial charge in [-0.2, -0.15) is 0 Å². The first-order chi connectivity index (χ1) is 9.23. The average Bonchev–Trinajstić information content (AvgIpc) is 3.28. The van der Waals surface area contributed by atoms with Crippen LogP contribution in [-0.2, 0) is 14.3 Å². The molecule has 5 nitrogen and oxygen atoms in total. The second-order valence-electron chi connectivity index (χ2n) is 5.55. The highest BCUT2D eigenvalue weighted by Gasteiger charge is 2.52. The van der Waals surface area contributed by atoms with Gasteiger partial charge in [-0.3, -0.25) is 4.90 Å². The van der Waals surface area contributed by atoms with E-state index in [4.69, 9.17) is 9.47 Å². The quantitative estimate of drug-likeness (QED) is 0.688. The number of carbonyl (C=O) groups excluding carboxylic acids is 1. The summed E-state index contributed by atoms with van der Waals surface area (Å²) < 4.78 is 10.5. The summed E-state index contributed by atoms with van der Waals surface area (Å²) >= 11 is 0. The molecule has 1 heterocycles. The monoisotopic (exact) mass is 270 g/mol. The van der Waals surface area contributed by atoms with Gasteiger partial charge in [-0.25, -0.2) is 4.79 Å². The summed E-state index contributed by atoms with van der Waals surface area (Å²) in [5.74, 6) is 0.323. The Morgan fingerprint density at radius 3 is 2.63 bits per heavy atom. The van der Waals surface area contributed by atoms with E-state index in [1.54, 1.807) is 0 Å². The third-order valence-corrected chi connectivity index (χ3v) is 4.09. The van der Waals surface area contributed by atoms with Crippen molar-refractivity contribution in [3.63, 3.8) is 0 Å². The predicted molar refractivity (Wildman–Crippen MR) is 73.0 cm³/mol. The zero-order valence-corrected chi connectivity index (χ0v) is 12.1. The molecule has 0 aromatic carbocycles. The molecule has 110 valence electrons. The predicted octanol–water partition coefficient (Wildman–Crippen LogP) is 0.640. The van der Waals surface area contributed by atoms with Crippen LogP contribution in [0.4, 0.5) is 0 Å². The molecule has 1 atom stereocenters. The molecule has 0 radical (unpaired) electrons. The van der Waals surface area contributed by atoms with Gasteiger partial charge in [0, 0.05) is 19.6 Å². The normalized spacial score (nSPS) is 23.9. The number of methoxy groups -OCH3 is 1. The zero-order chi connectivity index (χ0) is 13.7. The van der Waals surface area contributed by atoms with Crippen LogP contribution in [-0.4, -0.2) is 62.9 Å². The molecular weight excluding hydrogens is 244 g/mol. The lowest BCUT2D eigenvalue weighted by atomic mass is 9.91. The first-order valence-corrected chi connectivity index (χ1v) is 7.36. The molecule has 1 N–H and O–H groups in total. The Bertz CT molecular complexity index is 301. The molecule has 1 saturated heterocycles. The lowest BCUT2D eigenvalue weighted by molar-refractivity contribution is -0.151. The minimum Gasteiger partial charge on any atom is -0.468 e. The number of nitrogens with one attached hydrogen (secondary N) is 1. The van der Waals surface area contributed by atoms with Crippen LogP contribution in [0.5, 0.6) is 0 Å². The lowest BCUT2D eigenvalue weighted by Gasteiger charge is -2.38. The minimum atomic E-state index is -0.512. The van der Waals surface area contributed by atoms with Crippen molar-refractivity contribution in [2.24, 2.45) is 5.92 Å². The number of morpholine rings is 1. The molecule has 0 aromatic rings. The highest BCUT2D eigenvalue weighted by Crippen LogP contribution is 2.41. The number of nitrogens with zero attached hydrogens (tertiary/aromatic N) is 1. The summed E-state index contributed by atoms with van der Waals surface area (Å²) in [6.45, 7) is 7.05. The number of rotatable bonds is 7. The standard InChI is InChI=1S/C14H26N2O3/c1-3-6-15-14(12-4-5-12,13(17)18-2)11-16-7-9-19-10-8-16/h12,15H,3-11H2,1-2H3. The van der Waals surface area contributed by atoms with Crippen LogP contribution in [0, 0.1) is 5.92 Å². The van der Waals surface area contributed by atoms with E-state index >= 15 is 0 Å². The number of hydrogen-bond acceptors (Lipinski definition) is 5. The number of hydrogen-bond donors (Lipinski definition) is 1. The van der Waals surface area contributed by atoms with Crippen molar-refractivity contribution in [3.8, 4) is 0 Å². The SMILES string of the molecule is CCCNC(CN1CCOCC1)(C(=O)OC)C1CC1. The van der Waals surface area contributed by atoms with Gasteiger partial charge in [-0.15, -0.1) is 0 Å². The fourth-order valence-electron chi connectivity index (χ4n) is 2.85. The van der Waals surface area contributed by atoms with Gasteiger partial charge in [0.05, 0.1) is 20.3 Å². The first kappa shape index (κ1) is 14.8. The van der Waals surface area contributed by atoms with E-state index in [-0.39, 0.29) is 5.97 Å². The van der Waals surface area contributed by atoms with Gasteiger partial charge in [0.25, 0.3) is 0 Å². The fourth-order valence-corrected chi connectivity index (χ4v) is 2.85. The van der Waals surface area contributed by atoms with Crippen LogP contribution in [0.1, 0.15) is 26.2 Å². The average molecular weight is 270 g/mol. The zero-order valence-electron chi connectivity index (χ0n) is 12.1. The Labute approximate surface area is 115 Å². The molecule has 0 amide bonds. The molecule has 0 bridgehead atoms. The molecule has 0 aromatic heterocycles. The van der Waals surface area contributed by atoms with E-state index in [1.165, 1.54) is 7.11 Å². The molecule has 1 aliphatic carbocycles. The van der Waals surface area contributed by atoms with Crippen molar-refractivity contribution in [2.45, 2.75) is 31.7 Å². The largest absolute Gasteiger partial charge is 0.468 e. The summed E-state index contributed by atoms with van der Waals surface area (Å²) in [7, 11) is 1.49. The van der Waals surface area contributed by atoms with E-state index in [9.17, 15) is 4.79 Å². The second-order valence-corrected chi connectivity index (χ2v) is 5.55. The fraction of sp³-hybridized carbons (Fsp3) is 0.929. The smallest absolute Gasteiger partial charge is 0.327 e. The summed E-state index contributed by atoms with van der Waals surface area (Å²) in [5, 5.41) is 3.49. The summed E-state index contributed by atoms with van der Waals surface area (Å²) in [6, 6.07) is 0. The lowest BCUT2D eigenvalue weighted by Crippen LogP contribution is -2.62. The maximum atomic E-state index is 12.4. The van der Waals surface area contributed by atoms with Crippen LogP contribution in [0.3, 0.4) is 0 Å². The van der Waals surface area contributed by atoms with Crippen LogP contribution in [0.2, 0.25) is 0 Å². The molecule has 1 aliphatic heterocycles. The third kappa shape index (κ3) is 3.46. The van der Waals surface area contributed by atoms with E-state index in [1.807, 2.05) is 0 Å². The van der Waals surface area contributed by atoms with Gasteiger partial charge < -0.3 is 14.8 Å². The first-order valence-electron chi connectivity index (χ1n) is 7.36. The van der Waals surface area contributed by atoms with E-state index in [0.717, 1.165) is 58.7 Å².